The Bertz CT molecular complexity index is 1170. The molecule has 0 bridgehead atoms. The van der Waals surface area contributed by atoms with Gasteiger partial charge in [0.2, 0.25) is 5.13 Å². The van der Waals surface area contributed by atoms with Gasteiger partial charge in [-0.3, -0.25) is 14.9 Å². The van der Waals surface area contributed by atoms with Crippen LogP contribution >= 0.6 is 27.3 Å². The van der Waals surface area contributed by atoms with E-state index in [1.54, 1.807) is 6.92 Å². The Hall–Kier alpha value is -3.31. The Balaban J connectivity index is 1.51. The number of amides is 1. The van der Waals surface area contributed by atoms with Crippen molar-refractivity contribution in [1.82, 2.24) is 4.98 Å². The minimum atomic E-state index is -0.861. The van der Waals surface area contributed by atoms with Gasteiger partial charge in [0, 0.05) is 27.5 Å². The highest BCUT2D eigenvalue weighted by atomic mass is 79.9. The Morgan fingerprint density at radius 3 is 2.53 bits per heavy atom. The number of hydrogen-bond acceptors (Lipinski definition) is 8. The predicted octanol–water partition coefficient (Wildman–Crippen LogP) is 5.36. The Labute approximate surface area is 183 Å². The fourth-order valence-electron chi connectivity index (χ4n) is 2.71. The monoisotopic (exact) mass is 484 g/mol. The van der Waals surface area contributed by atoms with E-state index in [1.165, 1.54) is 40.6 Å². The molecule has 11 heteroatoms. The van der Waals surface area contributed by atoms with E-state index < -0.39 is 11.0 Å². The lowest BCUT2D eigenvalue weighted by molar-refractivity contribution is -0.384. The molecule has 1 atom stereocenters. The third kappa shape index (κ3) is 4.02. The van der Waals surface area contributed by atoms with E-state index >= 15 is 0 Å². The van der Waals surface area contributed by atoms with Crippen molar-refractivity contribution >= 4 is 55.4 Å². The normalized spacial score (nSPS) is 16.3. The summed E-state index contributed by atoms with van der Waals surface area (Å²) >= 11 is 4.71. The zero-order valence-electron chi connectivity index (χ0n) is 15.5. The van der Waals surface area contributed by atoms with Gasteiger partial charge in [0.1, 0.15) is 0 Å². The molecule has 0 aliphatic carbocycles. The summed E-state index contributed by atoms with van der Waals surface area (Å²) in [5.74, 6) is -0.352. The van der Waals surface area contributed by atoms with Gasteiger partial charge in [0.05, 0.1) is 22.0 Å². The van der Waals surface area contributed by atoms with Crippen molar-refractivity contribution in [1.29, 1.82) is 0 Å². The lowest BCUT2D eigenvalue weighted by atomic mass is 10.2. The predicted molar refractivity (Wildman–Crippen MR) is 117 cm³/mol. The van der Waals surface area contributed by atoms with Gasteiger partial charge in [-0.25, -0.2) is 4.98 Å². The highest BCUT2D eigenvalue weighted by molar-refractivity contribution is 9.10. The number of carbonyl (C=O) groups is 1. The Morgan fingerprint density at radius 2 is 1.87 bits per heavy atom. The van der Waals surface area contributed by atoms with E-state index in [-0.39, 0.29) is 11.6 Å². The van der Waals surface area contributed by atoms with Crippen LogP contribution in [-0.4, -0.2) is 27.6 Å². The van der Waals surface area contributed by atoms with Crippen LogP contribution in [0.3, 0.4) is 0 Å². The molecule has 0 spiro atoms. The standard InChI is InChI=1S/C19H13BrN6O3S/c1-11-17(23-22-14-6-8-15(9-7-14)26(28)29)18(27)25(24-11)19-21-16(10-30-19)12-2-4-13(20)5-3-12/h2-10,17H,1H3. The van der Waals surface area contributed by atoms with E-state index in [1.807, 2.05) is 29.6 Å². The molecule has 0 fully saturated rings. The molecule has 30 heavy (non-hydrogen) atoms. The Kier molecular flexibility index (Phi) is 5.46. The second kappa shape index (κ2) is 8.20. The zero-order valence-corrected chi connectivity index (χ0v) is 17.9. The maximum atomic E-state index is 12.8. The number of nitrogens with zero attached hydrogens (tertiary/aromatic N) is 6. The van der Waals surface area contributed by atoms with Gasteiger partial charge in [-0.1, -0.05) is 28.1 Å². The van der Waals surface area contributed by atoms with E-state index in [0.29, 0.717) is 16.5 Å². The first-order chi connectivity index (χ1) is 14.4. The minimum absolute atomic E-state index is 0.0415. The zero-order chi connectivity index (χ0) is 21.3. The number of rotatable bonds is 5. The number of non-ortho nitro benzene ring substituents is 1. The third-order valence-corrected chi connectivity index (χ3v) is 5.60. The number of hydrogen-bond donors (Lipinski definition) is 0. The summed E-state index contributed by atoms with van der Waals surface area (Å²) in [5, 5.41) is 26.7. The van der Waals surface area contributed by atoms with Crippen LogP contribution < -0.4 is 5.01 Å². The van der Waals surface area contributed by atoms with Crippen LogP contribution in [0.25, 0.3) is 11.3 Å². The van der Waals surface area contributed by atoms with Crippen molar-refractivity contribution in [2.45, 2.75) is 13.0 Å². The van der Waals surface area contributed by atoms with E-state index in [9.17, 15) is 14.9 Å². The maximum absolute atomic E-state index is 12.8. The van der Waals surface area contributed by atoms with Crippen molar-refractivity contribution < 1.29 is 9.72 Å². The smallest absolute Gasteiger partial charge is 0.269 e. The first kappa shape index (κ1) is 20.0. The van der Waals surface area contributed by atoms with Crippen LogP contribution in [0.15, 0.2) is 73.7 Å². The first-order valence-electron chi connectivity index (χ1n) is 8.68. The van der Waals surface area contributed by atoms with Crippen molar-refractivity contribution in [2.75, 3.05) is 5.01 Å². The molecule has 150 valence electrons. The van der Waals surface area contributed by atoms with Gasteiger partial charge in [-0.05, 0) is 31.2 Å². The average Bonchev–Trinajstić information content (AvgIpc) is 3.32. The maximum Gasteiger partial charge on any atom is 0.282 e. The van der Waals surface area contributed by atoms with Crippen molar-refractivity contribution in [2.24, 2.45) is 15.3 Å². The molecule has 4 rings (SSSR count). The largest absolute Gasteiger partial charge is 0.282 e. The molecule has 0 saturated heterocycles. The SMILES string of the molecule is CC1=NN(c2nc(-c3ccc(Br)cc3)cs2)C(=O)C1N=Nc1ccc([N+](=O)[O-])cc1. The quantitative estimate of drug-likeness (QED) is 0.275. The second-order valence-electron chi connectivity index (χ2n) is 6.31. The minimum Gasteiger partial charge on any atom is -0.269 e. The number of anilines is 1. The molecule has 0 radical (unpaired) electrons. The number of nitro groups is 1. The fraction of sp³-hybridized carbons (Fsp3) is 0.105. The number of hydrazone groups is 1. The highest BCUT2D eigenvalue weighted by Gasteiger charge is 2.36. The second-order valence-corrected chi connectivity index (χ2v) is 8.06. The average molecular weight is 485 g/mol. The van der Waals surface area contributed by atoms with Crippen molar-refractivity contribution in [3.05, 3.63) is 68.5 Å². The molecule has 1 aromatic heterocycles. The van der Waals surface area contributed by atoms with Crippen LogP contribution in [-0.2, 0) is 4.79 Å². The molecule has 9 nitrogen and oxygen atoms in total. The van der Waals surface area contributed by atoms with E-state index in [4.69, 9.17) is 0 Å². The number of nitro benzene ring substituents is 1. The molecule has 1 aliphatic heterocycles. The van der Waals surface area contributed by atoms with Crippen LogP contribution in [0.1, 0.15) is 6.92 Å². The molecule has 1 aliphatic rings. The van der Waals surface area contributed by atoms with Gasteiger partial charge in [0.25, 0.3) is 11.6 Å². The lowest BCUT2D eigenvalue weighted by Gasteiger charge is -2.08. The summed E-state index contributed by atoms with van der Waals surface area (Å²) in [6.07, 6.45) is 0. The van der Waals surface area contributed by atoms with Gasteiger partial charge >= 0.3 is 0 Å². The van der Waals surface area contributed by atoms with Crippen LogP contribution in [0.5, 0.6) is 0 Å². The number of halogens is 1. The van der Waals surface area contributed by atoms with Gasteiger partial charge in [-0.2, -0.15) is 20.3 Å². The number of carbonyl (C=O) groups excluding carboxylic acids is 1. The molecule has 0 N–H and O–H groups in total. The molecule has 3 aromatic rings. The number of benzene rings is 2. The highest BCUT2D eigenvalue weighted by Crippen LogP contribution is 2.31. The topological polar surface area (TPSA) is 113 Å². The molecule has 1 amide bonds. The van der Waals surface area contributed by atoms with Crippen LogP contribution in [0.2, 0.25) is 0 Å². The Morgan fingerprint density at radius 1 is 1.17 bits per heavy atom. The van der Waals surface area contributed by atoms with Gasteiger partial charge in [-0.15, -0.1) is 11.3 Å². The van der Waals surface area contributed by atoms with E-state index in [0.717, 1.165) is 15.7 Å². The summed E-state index contributed by atoms with van der Waals surface area (Å²) in [4.78, 5) is 27.5. The number of aromatic nitrogens is 1. The summed E-state index contributed by atoms with van der Waals surface area (Å²) in [7, 11) is 0. The molecular weight excluding hydrogens is 472 g/mol. The number of azo groups is 1. The fourth-order valence-corrected chi connectivity index (χ4v) is 3.76. The molecule has 0 saturated carbocycles. The van der Waals surface area contributed by atoms with Crippen LogP contribution in [0, 0.1) is 10.1 Å². The van der Waals surface area contributed by atoms with Gasteiger partial charge in [0.15, 0.2) is 6.04 Å². The number of thiazole rings is 1. The molecular formula is C19H13BrN6O3S. The van der Waals surface area contributed by atoms with Gasteiger partial charge < -0.3 is 0 Å². The summed E-state index contributed by atoms with van der Waals surface area (Å²) < 4.78 is 0.970. The summed E-state index contributed by atoms with van der Waals surface area (Å²) in [5.41, 5.74) is 2.54. The molecule has 2 aromatic carbocycles. The van der Waals surface area contributed by atoms with E-state index in [2.05, 4.69) is 36.2 Å². The first-order valence-corrected chi connectivity index (χ1v) is 10.4. The molecule has 2 heterocycles. The van der Waals surface area contributed by atoms with Crippen molar-refractivity contribution in [3.8, 4) is 11.3 Å². The van der Waals surface area contributed by atoms with Crippen molar-refractivity contribution in [3.63, 3.8) is 0 Å². The molecule has 1 unspecified atom stereocenters. The van der Waals surface area contributed by atoms with Crippen LogP contribution in [0.4, 0.5) is 16.5 Å². The summed E-state index contributed by atoms with van der Waals surface area (Å²) in [6.45, 7) is 1.70. The lowest BCUT2D eigenvalue weighted by Crippen LogP contribution is -2.29. The third-order valence-electron chi connectivity index (χ3n) is 4.26. The summed E-state index contributed by atoms with van der Waals surface area (Å²) in [6, 6.07) is 12.5.